The summed E-state index contributed by atoms with van der Waals surface area (Å²) in [4.78, 5) is 2.68. The van der Waals surface area contributed by atoms with E-state index in [1.807, 2.05) is 0 Å². The van der Waals surface area contributed by atoms with Crippen molar-refractivity contribution in [2.24, 2.45) is 5.92 Å². The average molecular weight is 210 g/mol. The van der Waals surface area contributed by atoms with Crippen LogP contribution in [0.2, 0.25) is 0 Å². The van der Waals surface area contributed by atoms with E-state index < -0.39 is 0 Å². The van der Waals surface area contributed by atoms with Gasteiger partial charge in [-0.2, -0.15) is 0 Å². The molecule has 0 aliphatic carbocycles. The SMILES string of the molecule is CC1CCCN(CC2CCCCCN2)C1. The normalized spacial score (nSPS) is 35.0. The van der Waals surface area contributed by atoms with Crippen molar-refractivity contribution in [1.29, 1.82) is 0 Å². The first-order valence-electron chi connectivity index (χ1n) is 6.80. The molecule has 2 unspecified atom stereocenters. The maximum absolute atomic E-state index is 3.70. The summed E-state index contributed by atoms with van der Waals surface area (Å²) in [5.41, 5.74) is 0. The second kappa shape index (κ2) is 5.86. The van der Waals surface area contributed by atoms with Crippen LogP contribution in [0.25, 0.3) is 0 Å². The predicted molar refractivity (Wildman–Crippen MR) is 65.1 cm³/mol. The Bertz CT molecular complexity index is 173. The highest BCUT2D eigenvalue weighted by atomic mass is 15.2. The molecule has 2 fully saturated rings. The van der Waals surface area contributed by atoms with E-state index in [1.54, 1.807) is 0 Å². The number of likely N-dealkylation sites (tertiary alicyclic amines) is 1. The van der Waals surface area contributed by atoms with Crippen molar-refractivity contribution >= 4 is 0 Å². The number of nitrogens with one attached hydrogen (secondary N) is 1. The molecule has 2 saturated heterocycles. The number of rotatable bonds is 2. The quantitative estimate of drug-likeness (QED) is 0.752. The second-order valence-corrected chi connectivity index (χ2v) is 5.51. The summed E-state index contributed by atoms with van der Waals surface area (Å²) in [6, 6.07) is 0.776. The fourth-order valence-electron chi connectivity index (χ4n) is 3.02. The van der Waals surface area contributed by atoms with Gasteiger partial charge >= 0.3 is 0 Å². The van der Waals surface area contributed by atoms with E-state index in [0.29, 0.717) is 0 Å². The molecule has 2 aliphatic heterocycles. The lowest BCUT2D eigenvalue weighted by atomic mass is 9.99. The Morgan fingerprint density at radius 2 is 2.07 bits per heavy atom. The minimum Gasteiger partial charge on any atom is -0.313 e. The third-order valence-electron chi connectivity index (χ3n) is 3.88. The van der Waals surface area contributed by atoms with Crippen LogP contribution in [0, 0.1) is 5.92 Å². The number of nitrogens with zero attached hydrogens (tertiary/aromatic N) is 1. The van der Waals surface area contributed by atoms with Gasteiger partial charge in [-0.15, -0.1) is 0 Å². The molecule has 0 saturated carbocycles. The van der Waals surface area contributed by atoms with Gasteiger partial charge in [0, 0.05) is 19.1 Å². The van der Waals surface area contributed by atoms with Crippen LogP contribution in [0.3, 0.4) is 0 Å². The van der Waals surface area contributed by atoms with E-state index in [-0.39, 0.29) is 0 Å². The van der Waals surface area contributed by atoms with Gasteiger partial charge in [0.15, 0.2) is 0 Å². The zero-order valence-electron chi connectivity index (χ0n) is 10.2. The van der Waals surface area contributed by atoms with Crippen LogP contribution >= 0.6 is 0 Å². The molecular formula is C13H26N2. The molecule has 0 radical (unpaired) electrons. The number of piperidine rings is 1. The maximum Gasteiger partial charge on any atom is 0.0195 e. The molecule has 0 spiro atoms. The molecule has 0 aromatic heterocycles. The minimum atomic E-state index is 0.776. The van der Waals surface area contributed by atoms with Crippen molar-refractivity contribution in [3.8, 4) is 0 Å². The Labute approximate surface area is 94.4 Å². The summed E-state index contributed by atoms with van der Waals surface area (Å²) in [5, 5.41) is 3.70. The minimum absolute atomic E-state index is 0.776. The highest BCUT2D eigenvalue weighted by Crippen LogP contribution is 2.17. The third kappa shape index (κ3) is 3.76. The van der Waals surface area contributed by atoms with Crippen molar-refractivity contribution in [2.45, 2.75) is 51.5 Å². The molecule has 0 bridgehead atoms. The van der Waals surface area contributed by atoms with Crippen LogP contribution in [0.5, 0.6) is 0 Å². The van der Waals surface area contributed by atoms with E-state index in [1.165, 1.54) is 64.7 Å². The van der Waals surface area contributed by atoms with Gasteiger partial charge in [-0.3, -0.25) is 0 Å². The summed E-state index contributed by atoms with van der Waals surface area (Å²) in [6.45, 7) is 7.60. The molecule has 2 heteroatoms. The molecule has 1 N–H and O–H groups in total. The Hall–Kier alpha value is -0.0800. The second-order valence-electron chi connectivity index (χ2n) is 5.51. The molecule has 2 heterocycles. The van der Waals surface area contributed by atoms with E-state index >= 15 is 0 Å². The van der Waals surface area contributed by atoms with Crippen LogP contribution in [0.1, 0.15) is 45.4 Å². The topological polar surface area (TPSA) is 15.3 Å². The largest absolute Gasteiger partial charge is 0.313 e. The molecule has 88 valence electrons. The molecule has 2 nitrogen and oxygen atoms in total. The van der Waals surface area contributed by atoms with Crippen molar-refractivity contribution in [3.63, 3.8) is 0 Å². The zero-order valence-corrected chi connectivity index (χ0v) is 10.2. The lowest BCUT2D eigenvalue weighted by molar-refractivity contribution is 0.165. The van der Waals surface area contributed by atoms with Gasteiger partial charge in [-0.1, -0.05) is 19.8 Å². The van der Waals surface area contributed by atoms with E-state index in [9.17, 15) is 0 Å². The summed E-state index contributed by atoms with van der Waals surface area (Å²) >= 11 is 0. The van der Waals surface area contributed by atoms with Gasteiger partial charge in [0.05, 0.1) is 0 Å². The van der Waals surface area contributed by atoms with Gasteiger partial charge in [-0.05, 0) is 44.7 Å². The smallest absolute Gasteiger partial charge is 0.0195 e. The van der Waals surface area contributed by atoms with Crippen LogP contribution in [-0.2, 0) is 0 Å². The van der Waals surface area contributed by atoms with Gasteiger partial charge in [-0.25, -0.2) is 0 Å². The molecule has 15 heavy (non-hydrogen) atoms. The van der Waals surface area contributed by atoms with E-state index in [4.69, 9.17) is 0 Å². The van der Waals surface area contributed by atoms with E-state index in [2.05, 4.69) is 17.1 Å². The van der Waals surface area contributed by atoms with Crippen LogP contribution in [0.15, 0.2) is 0 Å². The van der Waals surface area contributed by atoms with E-state index in [0.717, 1.165) is 12.0 Å². The molecule has 2 rings (SSSR count). The van der Waals surface area contributed by atoms with Gasteiger partial charge in [0.25, 0.3) is 0 Å². The Morgan fingerprint density at radius 1 is 1.13 bits per heavy atom. The van der Waals surface area contributed by atoms with Crippen molar-refractivity contribution in [3.05, 3.63) is 0 Å². The molecular weight excluding hydrogens is 184 g/mol. The Kier molecular flexibility index (Phi) is 4.45. The fraction of sp³-hybridized carbons (Fsp3) is 1.00. The number of hydrogen-bond donors (Lipinski definition) is 1. The molecule has 2 atom stereocenters. The fourth-order valence-corrected chi connectivity index (χ4v) is 3.02. The van der Waals surface area contributed by atoms with Gasteiger partial charge in [0.2, 0.25) is 0 Å². The van der Waals surface area contributed by atoms with Crippen LogP contribution in [-0.4, -0.2) is 37.1 Å². The lowest BCUT2D eigenvalue weighted by Crippen LogP contribution is -2.44. The Morgan fingerprint density at radius 3 is 2.93 bits per heavy atom. The highest BCUT2D eigenvalue weighted by molar-refractivity contribution is 4.78. The van der Waals surface area contributed by atoms with Gasteiger partial charge in [0.1, 0.15) is 0 Å². The summed E-state index contributed by atoms with van der Waals surface area (Å²) in [5.74, 6) is 0.921. The first-order valence-corrected chi connectivity index (χ1v) is 6.80. The summed E-state index contributed by atoms with van der Waals surface area (Å²) in [7, 11) is 0. The summed E-state index contributed by atoms with van der Waals surface area (Å²) < 4.78 is 0. The maximum atomic E-state index is 3.70. The molecule has 0 amide bonds. The van der Waals surface area contributed by atoms with Gasteiger partial charge < -0.3 is 10.2 Å². The van der Waals surface area contributed by atoms with Crippen LogP contribution < -0.4 is 5.32 Å². The monoisotopic (exact) mass is 210 g/mol. The van der Waals surface area contributed by atoms with Crippen LogP contribution in [0.4, 0.5) is 0 Å². The zero-order chi connectivity index (χ0) is 10.5. The summed E-state index contributed by atoms with van der Waals surface area (Å²) in [6.07, 6.45) is 8.49. The van der Waals surface area contributed by atoms with Crippen molar-refractivity contribution in [1.82, 2.24) is 10.2 Å². The standard InChI is InChI=1S/C13H26N2/c1-12-6-5-9-15(10-12)11-13-7-3-2-4-8-14-13/h12-14H,2-11H2,1H3. The first kappa shape index (κ1) is 11.4. The third-order valence-corrected chi connectivity index (χ3v) is 3.88. The molecule has 2 aliphatic rings. The van der Waals surface area contributed by atoms with Crippen molar-refractivity contribution in [2.75, 3.05) is 26.2 Å². The average Bonchev–Trinajstić information content (AvgIpc) is 2.46. The molecule has 0 aromatic carbocycles. The predicted octanol–water partition coefficient (Wildman–Crippen LogP) is 2.25. The highest BCUT2D eigenvalue weighted by Gasteiger charge is 2.20. The Balaban J connectivity index is 1.74. The lowest BCUT2D eigenvalue weighted by Gasteiger charge is -2.33. The van der Waals surface area contributed by atoms with Crippen molar-refractivity contribution < 1.29 is 0 Å². The number of hydrogen-bond acceptors (Lipinski definition) is 2. The first-order chi connectivity index (χ1) is 7.34. The molecule has 0 aromatic rings.